The van der Waals surface area contributed by atoms with E-state index < -0.39 is 0 Å². The summed E-state index contributed by atoms with van der Waals surface area (Å²) < 4.78 is 0. The number of carbonyl (C=O) groups is 1. The molecule has 1 amide bonds. The number of nitrogens with zero attached hydrogens (tertiary/aromatic N) is 2. The Kier molecular flexibility index (Phi) is 5.39. The number of fused-ring (bicyclic) bond motifs is 1. The van der Waals surface area contributed by atoms with Gasteiger partial charge in [-0.15, -0.1) is 11.3 Å². The fourth-order valence-corrected chi connectivity index (χ4v) is 4.86. The van der Waals surface area contributed by atoms with Crippen molar-refractivity contribution < 1.29 is 4.79 Å². The van der Waals surface area contributed by atoms with Crippen LogP contribution < -0.4 is 5.32 Å². The minimum absolute atomic E-state index is 0.206. The molecule has 1 N–H and O–H groups in total. The average Bonchev–Trinajstić information content (AvgIpc) is 3.10. The van der Waals surface area contributed by atoms with Gasteiger partial charge in [0, 0.05) is 49.0 Å². The Hall–Kier alpha value is -0.910. The molecule has 0 bridgehead atoms. The lowest BCUT2D eigenvalue weighted by molar-refractivity contribution is -0.130. The highest BCUT2D eigenvalue weighted by Gasteiger charge is 2.24. The van der Waals surface area contributed by atoms with E-state index in [-0.39, 0.29) is 5.91 Å². The molecular formula is C18H29N3OS. The molecule has 0 aromatic carbocycles. The normalized spacial score (nSPS) is 20.5. The van der Waals surface area contributed by atoms with Crippen molar-refractivity contribution in [2.24, 2.45) is 0 Å². The minimum atomic E-state index is 0.206. The molecule has 2 heterocycles. The van der Waals surface area contributed by atoms with Crippen molar-refractivity contribution in [2.75, 3.05) is 33.7 Å². The fraction of sp³-hybridized carbons (Fsp3) is 0.722. The molecule has 1 aliphatic carbocycles. The summed E-state index contributed by atoms with van der Waals surface area (Å²) in [6, 6.07) is 3.45. The maximum Gasteiger partial charge on any atom is 0.236 e. The number of likely N-dealkylation sites (tertiary alicyclic amines) is 1. The Morgan fingerprint density at radius 3 is 2.78 bits per heavy atom. The van der Waals surface area contributed by atoms with Crippen molar-refractivity contribution in [1.82, 2.24) is 15.1 Å². The molecule has 3 rings (SSSR count). The van der Waals surface area contributed by atoms with Crippen molar-refractivity contribution in [1.29, 1.82) is 0 Å². The van der Waals surface area contributed by atoms with E-state index in [9.17, 15) is 4.79 Å². The van der Waals surface area contributed by atoms with Crippen LogP contribution in [0.2, 0.25) is 0 Å². The molecule has 23 heavy (non-hydrogen) atoms. The van der Waals surface area contributed by atoms with Gasteiger partial charge in [-0.25, -0.2) is 0 Å². The Morgan fingerprint density at radius 1 is 1.39 bits per heavy atom. The molecule has 1 fully saturated rings. The van der Waals surface area contributed by atoms with Crippen molar-refractivity contribution in [3.8, 4) is 0 Å². The molecule has 4 nitrogen and oxygen atoms in total. The first-order chi connectivity index (χ1) is 11.0. The minimum Gasteiger partial charge on any atom is -0.348 e. The standard InChI is InChI=1S/C18H29N3OS/c1-13(17-11-14-5-4-6-16(14)23-17)19-15-7-9-21(10-8-15)12-18(22)20(2)3/h11,13,15,19H,4-10,12H2,1-3H3/t13-/m0/s1. The number of hydrogen-bond donors (Lipinski definition) is 1. The molecule has 1 aliphatic heterocycles. The number of hydrogen-bond acceptors (Lipinski definition) is 4. The van der Waals surface area contributed by atoms with Crippen LogP contribution >= 0.6 is 11.3 Å². The summed E-state index contributed by atoms with van der Waals surface area (Å²) in [4.78, 5) is 18.9. The highest BCUT2D eigenvalue weighted by Crippen LogP contribution is 2.34. The van der Waals surface area contributed by atoms with Crippen molar-refractivity contribution in [3.05, 3.63) is 21.4 Å². The zero-order chi connectivity index (χ0) is 16.4. The van der Waals surface area contributed by atoms with E-state index in [1.807, 2.05) is 25.4 Å². The lowest BCUT2D eigenvalue weighted by atomic mass is 10.0. The molecular weight excluding hydrogens is 306 g/mol. The number of rotatable bonds is 5. The molecule has 5 heteroatoms. The second-order valence-corrected chi connectivity index (χ2v) is 8.35. The van der Waals surface area contributed by atoms with Gasteiger partial charge in [-0.2, -0.15) is 0 Å². The highest BCUT2D eigenvalue weighted by atomic mass is 32.1. The number of amides is 1. The largest absolute Gasteiger partial charge is 0.348 e. The maximum atomic E-state index is 11.8. The van der Waals surface area contributed by atoms with Gasteiger partial charge in [0.25, 0.3) is 0 Å². The average molecular weight is 336 g/mol. The van der Waals surface area contributed by atoms with Crippen LogP contribution in [0.15, 0.2) is 6.07 Å². The van der Waals surface area contributed by atoms with Crippen molar-refractivity contribution >= 4 is 17.2 Å². The Labute approximate surface area is 143 Å². The van der Waals surface area contributed by atoms with Crippen LogP contribution in [-0.2, 0) is 17.6 Å². The van der Waals surface area contributed by atoms with Gasteiger partial charge in [0.05, 0.1) is 6.54 Å². The zero-order valence-electron chi connectivity index (χ0n) is 14.6. The van der Waals surface area contributed by atoms with Gasteiger partial charge < -0.3 is 10.2 Å². The maximum absolute atomic E-state index is 11.8. The summed E-state index contributed by atoms with van der Waals surface area (Å²) in [5, 5.41) is 3.81. The summed E-state index contributed by atoms with van der Waals surface area (Å²) in [6.07, 6.45) is 6.17. The molecule has 2 aliphatic rings. The number of carbonyl (C=O) groups excluding carboxylic acids is 1. The van der Waals surface area contributed by atoms with Gasteiger partial charge in [0.15, 0.2) is 0 Å². The van der Waals surface area contributed by atoms with Crippen LogP contribution in [-0.4, -0.2) is 55.5 Å². The molecule has 1 aromatic heterocycles. The SMILES string of the molecule is C[C@H](NC1CCN(CC(=O)N(C)C)CC1)c1cc2c(s1)CCC2. The molecule has 1 saturated heterocycles. The monoisotopic (exact) mass is 335 g/mol. The van der Waals surface area contributed by atoms with Crippen LogP contribution in [0.5, 0.6) is 0 Å². The van der Waals surface area contributed by atoms with E-state index in [0.717, 1.165) is 25.9 Å². The Balaban J connectivity index is 1.45. The summed E-state index contributed by atoms with van der Waals surface area (Å²) in [5.41, 5.74) is 1.59. The van der Waals surface area contributed by atoms with Gasteiger partial charge >= 0.3 is 0 Å². The van der Waals surface area contributed by atoms with E-state index in [1.165, 1.54) is 24.1 Å². The van der Waals surface area contributed by atoms with E-state index in [0.29, 0.717) is 18.6 Å². The summed E-state index contributed by atoms with van der Waals surface area (Å²) in [7, 11) is 3.66. The second kappa shape index (κ2) is 7.32. The van der Waals surface area contributed by atoms with Crippen LogP contribution in [0.25, 0.3) is 0 Å². The third kappa shape index (κ3) is 4.14. The highest BCUT2D eigenvalue weighted by molar-refractivity contribution is 7.12. The summed E-state index contributed by atoms with van der Waals surface area (Å²) in [6.45, 7) is 4.89. The first-order valence-corrected chi connectivity index (χ1v) is 9.64. The van der Waals surface area contributed by atoms with Crippen LogP contribution in [0, 0.1) is 0 Å². The molecule has 0 radical (unpaired) electrons. The van der Waals surface area contributed by atoms with Gasteiger partial charge in [-0.1, -0.05) is 0 Å². The number of thiophene rings is 1. The lowest BCUT2D eigenvalue weighted by Gasteiger charge is -2.33. The van der Waals surface area contributed by atoms with Gasteiger partial charge in [0.2, 0.25) is 5.91 Å². The second-order valence-electron chi connectivity index (χ2n) is 7.18. The number of piperidine rings is 1. The van der Waals surface area contributed by atoms with E-state index in [4.69, 9.17) is 0 Å². The molecule has 0 unspecified atom stereocenters. The molecule has 1 aromatic rings. The smallest absolute Gasteiger partial charge is 0.236 e. The number of aryl methyl sites for hydroxylation is 2. The zero-order valence-corrected chi connectivity index (χ0v) is 15.4. The van der Waals surface area contributed by atoms with E-state index >= 15 is 0 Å². The predicted octanol–water partition coefficient (Wildman–Crippen LogP) is 2.44. The van der Waals surface area contributed by atoms with Crippen molar-refractivity contribution in [3.63, 3.8) is 0 Å². The van der Waals surface area contributed by atoms with E-state index in [2.05, 4.69) is 23.2 Å². The third-order valence-corrected chi connectivity index (χ3v) is 6.54. The number of likely N-dealkylation sites (N-methyl/N-ethyl adjacent to an activating group) is 1. The third-order valence-electron chi connectivity index (χ3n) is 5.12. The molecule has 1 atom stereocenters. The molecule has 0 saturated carbocycles. The molecule has 0 spiro atoms. The first kappa shape index (κ1) is 16.9. The summed E-state index contributed by atoms with van der Waals surface area (Å²) in [5.74, 6) is 0.206. The van der Waals surface area contributed by atoms with Crippen molar-refractivity contribution in [2.45, 2.75) is 51.1 Å². The van der Waals surface area contributed by atoms with Gasteiger partial charge in [-0.3, -0.25) is 9.69 Å². The predicted molar refractivity (Wildman–Crippen MR) is 96.1 cm³/mol. The molecule has 128 valence electrons. The quantitative estimate of drug-likeness (QED) is 0.898. The lowest BCUT2D eigenvalue weighted by Crippen LogP contribution is -2.46. The van der Waals surface area contributed by atoms with Crippen LogP contribution in [0.3, 0.4) is 0 Å². The fourth-order valence-electron chi connectivity index (χ4n) is 3.59. The van der Waals surface area contributed by atoms with Crippen LogP contribution in [0.1, 0.15) is 47.5 Å². The summed E-state index contributed by atoms with van der Waals surface area (Å²) >= 11 is 2.01. The van der Waals surface area contributed by atoms with Gasteiger partial charge in [-0.05, 0) is 50.7 Å². The number of nitrogens with one attached hydrogen (secondary N) is 1. The Bertz CT molecular complexity index is 525. The van der Waals surface area contributed by atoms with E-state index in [1.54, 1.807) is 15.3 Å². The Morgan fingerprint density at radius 2 is 2.13 bits per heavy atom. The van der Waals surface area contributed by atoms with Gasteiger partial charge in [0.1, 0.15) is 0 Å². The topological polar surface area (TPSA) is 35.6 Å². The van der Waals surface area contributed by atoms with Crippen LogP contribution in [0.4, 0.5) is 0 Å². The first-order valence-electron chi connectivity index (χ1n) is 8.83.